The fourth-order valence-corrected chi connectivity index (χ4v) is 4.12. The maximum Gasteiger partial charge on any atom is 0.338 e. The highest BCUT2D eigenvalue weighted by atomic mass is 16.5. The maximum atomic E-state index is 13.3. The van der Waals surface area contributed by atoms with Crippen LogP contribution in [0.1, 0.15) is 52.1 Å². The number of carbonyl (C=O) groups is 1. The van der Waals surface area contributed by atoms with Gasteiger partial charge in [-0.05, 0) is 57.0 Å². The summed E-state index contributed by atoms with van der Waals surface area (Å²) in [5, 5.41) is 3.30. The number of nitrogens with zero attached hydrogens (tertiary/aromatic N) is 2. The molecule has 1 N–H and O–H groups in total. The van der Waals surface area contributed by atoms with Crippen molar-refractivity contribution in [3.05, 3.63) is 59.3 Å². The normalized spacial score (nSPS) is 15.4. The molecule has 0 saturated heterocycles. The van der Waals surface area contributed by atoms with Gasteiger partial charge in [0.2, 0.25) is 5.95 Å². The molecule has 0 radical (unpaired) electrons. The molecule has 0 bridgehead atoms. The lowest BCUT2D eigenvalue weighted by Gasteiger charge is -2.31. The number of para-hydroxylation sites is 2. The van der Waals surface area contributed by atoms with E-state index in [4.69, 9.17) is 19.2 Å². The Kier molecular flexibility index (Phi) is 6.58. The van der Waals surface area contributed by atoms with Gasteiger partial charge in [-0.3, -0.25) is 4.57 Å². The third-order valence-electron chi connectivity index (χ3n) is 5.65. The molecule has 0 unspecified atom stereocenters. The van der Waals surface area contributed by atoms with E-state index in [-0.39, 0.29) is 12.1 Å². The molecule has 2 heterocycles. The number of nitrogens with one attached hydrogen (secondary N) is 1. The summed E-state index contributed by atoms with van der Waals surface area (Å²) < 4.78 is 19.3. The maximum absolute atomic E-state index is 13.3. The third kappa shape index (κ3) is 4.40. The average molecular weight is 450 g/mol. The molecule has 7 heteroatoms. The van der Waals surface area contributed by atoms with Crippen molar-refractivity contribution in [3.8, 4) is 11.5 Å². The summed E-state index contributed by atoms with van der Waals surface area (Å²) in [6.45, 7) is 8.33. The first kappa shape index (κ1) is 22.7. The molecule has 2 aromatic carbocycles. The van der Waals surface area contributed by atoms with Gasteiger partial charge < -0.3 is 19.5 Å². The van der Waals surface area contributed by atoms with Crippen LogP contribution in [0.5, 0.6) is 11.5 Å². The zero-order valence-corrected chi connectivity index (χ0v) is 19.8. The topological polar surface area (TPSA) is 74.6 Å². The van der Waals surface area contributed by atoms with Crippen LogP contribution >= 0.6 is 0 Å². The quantitative estimate of drug-likeness (QED) is 0.363. The number of methoxy groups -OCH3 is 1. The monoisotopic (exact) mass is 449 g/mol. The van der Waals surface area contributed by atoms with Crippen molar-refractivity contribution >= 4 is 23.0 Å². The fraction of sp³-hybridized carbons (Fsp3) is 0.385. The minimum atomic E-state index is -0.432. The summed E-state index contributed by atoms with van der Waals surface area (Å²) in [5.74, 6) is 1.64. The van der Waals surface area contributed by atoms with Gasteiger partial charge in [0, 0.05) is 5.70 Å². The van der Waals surface area contributed by atoms with Crippen LogP contribution in [0.3, 0.4) is 0 Å². The van der Waals surface area contributed by atoms with Gasteiger partial charge in [-0.1, -0.05) is 31.5 Å². The molecular weight excluding hydrogens is 418 g/mol. The van der Waals surface area contributed by atoms with Crippen LogP contribution in [0.25, 0.3) is 11.0 Å². The molecule has 7 nitrogen and oxygen atoms in total. The largest absolute Gasteiger partial charge is 0.493 e. The Morgan fingerprint density at radius 3 is 2.70 bits per heavy atom. The molecule has 1 aliphatic rings. The van der Waals surface area contributed by atoms with E-state index in [9.17, 15) is 4.79 Å². The number of anilines is 1. The van der Waals surface area contributed by atoms with E-state index >= 15 is 0 Å². The van der Waals surface area contributed by atoms with E-state index in [1.54, 1.807) is 7.11 Å². The van der Waals surface area contributed by atoms with Crippen LogP contribution in [-0.2, 0) is 9.53 Å². The number of unbranched alkanes of at least 4 members (excludes halogenated alkanes) is 1. The first-order valence-electron chi connectivity index (χ1n) is 11.4. The smallest absolute Gasteiger partial charge is 0.338 e. The van der Waals surface area contributed by atoms with Crippen LogP contribution in [0.15, 0.2) is 53.7 Å². The highest BCUT2D eigenvalue weighted by Gasteiger charge is 2.35. The third-order valence-corrected chi connectivity index (χ3v) is 5.65. The Hall–Kier alpha value is -3.48. The van der Waals surface area contributed by atoms with Gasteiger partial charge in [0.05, 0.1) is 42.5 Å². The Morgan fingerprint density at radius 1 is 1.18 bits per heavy atom. The number of ether oxygens (including phenoxy) is 3. The lowest BCUT2D eigenvalue weighted by Crippen LogP contribution is -2.30. The summed E-state index contributed by atoms with van der Waals surface area (Å²) in [7, 11) is 1.63. The molecule has 1 aliphatic heterocycles. The Balaban J connectivity index is 1.86. The lowest BCUT2D eigenvalue weighted by atomic mass is 9.94. The van der Waals surface area contributed by atoms with Crippen LogP contribution in [0.2, 0.25) is 0 Å². The molecule has 0 spiro atoms. The van der Waals surface area contributed by atoms with Crippen molar-refractivity contribution in [1.29, 1.82) is 0 Å². The predicted molar refractivity (Wildman–Crippen MR) is 129 cm³/mol. The van der Waals surface area contributed by atoms with E-state index < -0.39 is 6.04 Å². The van der Waals surface area contributed by atoms with Gasteiger partial charge in [-0.25, -0.2) is 9.78 Å². The van der Waals surface area contributed by atoms with Gasteiger partial charge in [-0.15, -0.1) is 0 Å². The molecule has 0 amide bonds. The predicted octanol–water partition coefficient (Wildman–Crippen LogP) is 5.46. The van der Waals surface area contributed by atoms with Crippen molar-refractivity contribution < 1.29 is 19.0 Å². The second kappa shape index (κ2) is 9.57. The van der Waals surface area contributed by atoms with Crippen LogP contribution in [0.4, 0.5) is 5.95 Å². The van der Waals surface area contributed by atoms with Crippen LogP contribution in [0, 0.1) is 0 Å². The average Bonchev–Trinajstić information content (AvgIpc) is 3.15. The summed E-state index contributed by atoms with van der Waals surface area (Å²) in [6, 6.07) is 13.3. The molecule has 174 valence electrons. The first-order chi connectivity index (χ1) is 15.9. The van der Waals surface area contributed by atoms with E-state index in [1.165, 1.54) is 0 Å². The number of imidazole rings is 1. The number of fused-ring (bicyclic) bond motifs is 3. The Bertz CT molecular complexity index is 1200. The van der Waals surface area contributed by atoms with Crippen molar-refractivity contribution in [2.75, 3.05) is 19.0 Å². The van der Waals surface area contributed by atoms with Gasteiger partial charge >= 0.3 is 5.97 Å². The molecule has 4 rings (SSSR count). The Morgan fingerprint density at radius 2 is 1.97 bits per heavy atom. The minimum absolute atomic E-state index is 0.233. The van der Waals surface area contributed by atoms with Crippen molar-refractivity contribution in [2.45, 2.75) is 52.7 Å². The number of aromatic nitrogens is 2. The second-order valence-corrected chi connectivity index (χ2v) is 8.43. The zero-order valence-electron chi connectivity index (χ0n) is 19.8. The Labute approximate surface area is 194 Å². The highest BCUT2D eigenvalue weighted by Crippen LogP contribution is 2.42. The molecule has 0 saturated carbocycles. The highest BCUT2D eigenvalue weighted by molar-refractivity contribution is 5.94. The number of allylic oxidation sites excluding steroid dienone is 1. The molecule has 0 fully saturated rings. The molecule has 1 aromatic heterocycles. The van der Waals surface area contributed by atoms with E-state index in [0.29, 0.717) is 29.6 Å². The van der Waals surface area contributed by atoms with Crippen LogP contribution < -0.4 is 14.8 Å². The summed E-state index contributed by atoms with van der Waals surface area (Å²) in [5.41, 5.74) is 3.92. The van der Waals surface area contributed by atoms with Gasteiger partial charge in [-0.2, -0.15) is 0 Å². The minimum Gasteiger partial charge on any atom is -0.493 e. The van der Waals surface area contributed by atoms with E-state index in [2.05, 4.69) is 12.2 Å². The number of hydrogen-bond donors (Lipinski definition) is 1. The standard InChI is InChI=1S/C26H31N3O4/c1-6-7-14-32-21-13-12-18(15-22(21)31-5)24-23(25(30)33-16(2)3)17(4)27-26-28-19-10-8-9-11-20(19)29(24)26/h8-13,15-16,24H,6-7,14H2,1-5H3,(H,27,28)/t24-/m0/s1. The van der Waals surface area contributed by atoms with E-state index in [1.807, 2.05) is 67.8 Å². The van der Waals surface area contributed by atoms with Crippen molar-refractivity contribution in [3.63, 3.8) is 0 Å². The number of esters is 1. The van der Waals surface area contributed by atoms with Crippen molar-refractivity contribution in [2.24, 2.45) is 0 Å². The molecule has 3 aromatic rings. The number of hydrogen-bond acceptors (Lipinski definition) is 6. The lowest BCUT2D eigenvalue weighted by molar-refractivity contribution is -0.143. The van der Waals surface area contributed by atoms with Gasteiger partial charge in [0.25, 0.3) is 0 Å². The van der Waals surface area contributed by atoms with Gasteiger partial charge in [0.15, 0.2) is 11.5 Å². The molecule has 1 atom stereocenters. The zero-order chi connectivity index (χ0) is 23.5. The first-order valence-corrected chi connectivity index (χ1v) is 11.4. The number of rotatable bonds is 8. The number of carbonyl (C=O) groups excluding carboxylic acids is 1. The summed E-state index contributed by atoms with van der Waals surface area (Å²) in [4.78, 5) is 18.0. The number of benzene rings is 2. The second-order valence-electron chi connectivity index (χ2n) is 8.43. The van der Waals surface area contributed by atoms with Gasteiger partial charge in [0.1, 0.15) is 0 Å². The fourth-order valence-electron chi connectivity index (χ4n) is 4.12. The molecular formula is C26H31N3O4. The summed E-state index contributed by atoms with van der Waals surface area (Å²) >= 11 is 0. The summed E-state index contributed by atoms with van der Waals surface area (Å²) in [6.07, 6.45) is 1.79. The van der Waals surface area contributed by atoms with E-state index in [0.717, 1.165) is 35.1 Å². The van der Waals surface area contributed by atoms with Crippen molar-refractivity contribution in [1.82, 2.24) is 9.55 Å². The SMILES string of the molecule is CCCCOc1ccc([C@H]2C(C(=O)OC(C)C)=C(C)Nc3nc4ccccc4n32)cc1OC. The molecule has 33 heavy (non-hydrogen) atoms. The molecule has 0 aliphatic carbocycles. The van der Waals surface area contributed by atoms with Crippen LogP contribution in [-0.4, -0.2) is 35.3 Å².